The maximum atomic E-state index is 12.9. The molecule has 0 bridgehead atoms. The molecule has 0 saturated carbocycles. The highest BCUT2D eigenvalue weighted by molar-refractivity contribution is 9.10. The molecule has 1 saturated heterocycles. The molecule has 7 heteroatoms. The summed E-state index contributed by atoms with van der Waals surface area (Å²) >= 11 is 10.3. The van der Waals surface area contributed by atoms with E-state index in [1.165, 1.54) is 11.8 Å². The first-order chi connectivity index (χ1) is 14.4. The summed E-state index contributed by atoms with van der Waals surface area (Å²) in [5.74, 6) is 0.318. The lowest BCUT2D eigenvalue weighted by atomic mass is 10.1. The van der Waals surface area contributed by atoms with Crippen molar-refractivity contribution in [3.8, 4) is 16.9 Å². The molecule has 0 radical (unpaired) electrons. The summed E-state index contributed by atoms with van der Waals surface area (Å²) in [6.45, 7) is 4.79. The lowest BCUT2D eigenvalue weighted by Gasteiger charge is -2.16. The largest absolute Gasteiger partial charge is 0.293 e. The molecule has 4 nitrogen and oxygen atoms in total. The molecule has 0 atom stereocenters. The van der Waals surface area contributed by atoms with Crippen LogP contribution in [0.15, 0.2) is 70.2 Å². The molecular weight excluding hydrogens is 478 g/mol. The van der Waals surface area contributed by atoms with E-state index in [0.717, 1.165) is 27.0 Å². The van der Waals surface area contributed by atoms with Gasteiger partial charge in [0.15, 0.2) is 0 Å². The van der Waals surface area contributed by atoms with E-state index in [9.17, 15) is 4.79 Å². The summed E-state index contributed by atoms with van der Waals surface area (Å²) in [7, 11) is 0. The second-order valence-electron chi connectivity index (χ2n) is 7.41. The highest BCUT2D eigenvalue weighted by atomic mass is 79.9. The predicted octanol–water partition coefficient (Wildman–Crippen LogP) is 6.16. The fourth-order valence-electron chi connectivity index (χ4n) is 3.20. The number of benzene rings is 2. The van der Waals surface area contributed by atoms with E-state index < -0.39 is 0 Å². The standard InChI is InChI=1S/C23H20BrN3OS2/c1-15(2)13-26-22(28)20(30-23(26)29)12-17-14-27(19-6-4-3-5-7-19)25-21(17)16-8-10-18(24)11-9-16/h3-12,14-15H,13H2,1-2H3. The van der Waals surface area contributed by atoms with Crippen LogP contribution in [0, 0.1) is 5.92 Å². The molecule has 1 fully saturated rings. The van der Waals surface area contributed by atoms with Crippen molar-refractivity contribution in [2.75, 3.05) is 6.54 Å². The highest BCUT2D eigenvalue weighted by Gasteiger charge is 2.32. The molecule has 1 aliphatic rings. The third-order valence-corrected chi connectivity index (χ3v) is 6.50. The predicted molar refractivity (Wildman–Crippen MR) is 131 cm³/mol. The van der Waals surface area contributed by atoms with Gasteiger partial charge in [-0.15, -0.1) is 0 Å². The first-order valence-corrected chi connectivity index (χ1v) is 11.6. The van der Waals surface area contributed by atoms with Crippen LogP contribution in [-0.4, -0.2) is 31.5 Å². The number of thioether (sulfide) groups is 1. The second-order valence-corrected chi connectivity index (χ2v) is 10.00. The van der Waals surface area contributed by atoms with Gasteiger partial charge in [0.25, 0.3) is 5.91 Å². The van der Waals surface area contributed by atoms with Crippen LogP contribution < -0.4 is 0 Å². The number of halogens is 1. The number of para-hydroxylation sites is 1. The van der Waals surface area contributed by atoms with Gasteiger partial charge in [0, 0.05) is 28.3 Å². The quantitative estimate of drug-likeness (QED) is 0.312. The summed E-state index contributed by atoms with van der Waals surface area (Å²) < 4.78 is 3.46. The van der Waals surface area contributed by atoms with Gasteiger partial charge in [-0.3, -0.25) is 9.69 Å². The summed E-state index contributed by atoms with van der Waals surface area (Å²) in [5.41, 5.74) is 3.64. The number of hydrogen-bond donors (Lipinski definition) is 0. The van der Waals surface area contributed by atoms with Gasteiger partial charge in [-0.2, -0.15) is 5.10 Å². The van der Waals surface area contributed by atoms with Gasteiger partial charge >= 0.3 is 0 Å². The van der Waals surface area contributed by atoms with E-state index in [4.69, 9.17) is 17.3 Å². The van der Waals surface area contributed by atoms with Crippen molar-refractivity contribution in [2.24, 2.45) is 5.92 Å². The maximum absolute atomic E-state index is 12.9. The lowest BCUT2D eigenvalue weighted by molar-refractivity contribution is -0.122. The third kappa shape index (κ3) is 4.43. The van der Waals surface area contributed by atoms with Crippen LogP contribution in [0.4, 0.5) is 0 Å². The Kier molecular flexibility index (Phi) is 6.22. The Morgan fingerprint density at radius 1 is 1.13 bits per heavy atom. The zero-order valence-corrected chi connectivity index (χ0v) is 19.8. The molecular formula is C23H20BrN3OS2. The van der Waals surface area contributed by atoms with E-state index in [1.807, 2.05) is 71.6 Å². The summed E-state index contributed by atoms with van der Waals surface area (Å²) in [6, 6.07) is 18.0. The van der Waals surface area contributed by atoms with Crippen LogP contribution in [0.5, 0.6) is 0 Å². The van der Waals surface area contributed by atoms with Crippen molar-refractivity contribution >= 4 is 56.2 Å². The number of thiocarbonyl (C=S) groups is 1. The zero-order chi connectivity index (χ0) is 21.3. The van der Waals surface area contributed by atoms with Crippen LogP contribution in [0.2, 0.25) is 0 Å². The molecule has 0 unspecified atom stereocenters. The Labute approximate surface area is 194 Å². The molecule has 2 heterocycles. The van der Waals surface area contributed by atoms with Crippen molar-refractivity contribution in [1.82, 2.24) is 14.7 Å². The number of aromatic nitrogens is 2. The zero-order valence-electron chi connectivity index (χ0n) is 16.6. The topological polar surface area (TPSA) is 38.1 Å². The molecule has 0 N–H and O–H groups in total. The number of carbonyl (C=O) groups excluding carboxylic acids is 1. The number of carbonyl (C=O) groups is 1. The van der Waals surface area contributed by atoms with Gasteiger partial charge < -0.3 is 0 Å². The Balaban J connectivity index is 1.78. The molecule has 30 heavy (non-hydrogen) atoms. The van der Waals surface area contributed by atoms with Crippen molar-refractivity contribution in [2.45, 2.75) is 13.8 Å². The van der Waals surface area contributed by atoms with Crippen LogP contribution >= 0.6 is 39.9 Å². The molecule has 0 aliphatic carbocycles. The van der Waals surface area contributed by atoms with Crippen molar-refractivity contribution < 1.29 is 4.79 Å². The normalized spacial score (nSPS) is 15.6. The van der Waals surface area contributed by atoms with Crippen LogP contribution in [0.1, 0.15) is 19.4 Å². The molecule has 2 aromatic carbocycles. The van der Waals surface area contributed by atoms with E-state index in [1.54, 1.807) is 4.90 Å². The second kappa shape index (κ2) is 8.88. The Morgan fingerprint density at radius 2 is 1.83 bits per heavy atom. The van der Waals surface area contributed by atoms with Crippen LogP contribution in [0.3, 0.4) is 0 Å². The van der Waals surface area contributed by atoms with Gasteiger partial charge in [-0.25, -0.2) is 4.68 Å². The molecule has 1 aliphatic heterocycles. The molecule has 3 aromatic rings. The minimum Gasteiger partial charge on any atom is -0.293 e. The van der Waals surface area contributed by atoms with Crippen molar-refractivity contribution in [3.63, 3.8) is 0 Å². The molecule has 0 spiro atoms. The maximum Gasteiger partial charge on any atom is 0.266 e. The fraction of sp³-hybridized carbons (Fsp3) is 0.174. The minimum atomic E-state index is -0.0343. The summed E-state index contributed by atoms with van der Waals surface area (Å²) in [5, 5.41) is 4.82. The Morgan fingerprint density at radius 3 is 2.50 bits per heavy atom. The third-order valence-electron chi connectivity index (χ3n) is 4.59. The number of hydrogen-bond acceptors (Lipinski definition) is 4. The molecule has 152 valence electrons. The van der Waals surface area contributed by atoms with Crippen LogP contribution in [-0.2, 0) is 4.79 Å². The average Bonchev–Trinajstić information content (AvgIpc) is 3.26. The van der Waals surface area contributed by atoms with Gasteiger partial charge in [-0.05, 0) is 36.3 Å². The molecule has 1 aromatic heterocycles. The summed E-state index contributed by atoms with van der Waals surface area (Å²) in [4.78, 5) is 15.3. The minimum absolute atomic E-state index is 0.0343. The first kappa shape index (κ1) is 21.0. The van der Waals surface area contributed by atoms with Gasteiger partial charge in [-0.1, -0.05) is 84.1 Å². The van der Waals surface area contributed by atoms with E-state index in [0.29, 0.717) is 21.7 Å². The Hall–Kier alpha value is -2.22. The van der Waals surface area contributed by atoms with Crippen molar-refractivity contribution in [1.29, 1.82) is 0 Å². The monoisotopic (exact) mass is 497 g/mol. The van der Waals surface area contributed by atoms with E-state index >= 15 is 0 Å². The Bertz CT molecular complexity index is 1120. The molecule has 1 amide bonds. The molecule has 4 rings (SSSR count). The first-order valence-electron chi connectivity index (χ1n) is 9.59. The lowest BCUT2D eigenvalue weighted by Crippen LogP contribution is -2.31. The average molecular weight is 498 g/mol. The van der Waals surface area contributed by atoms with Gasteiger partial charge in [0.1, 0.15) is 4.32 Å². The van der Waals surface area contributed by atoms with Gasteiger partial charge in [0.05, 0.1) is 16.3 Å². The number of rotatable bonds is 5. The fourth-order valence-corrected chi connectivity index (χ4v) is 4.73. The van der Waals surface area contributed by atoms with E-state index in [2.05, 4.69) is 29.8 Å². The smallest absolute Gasteiger partial charge is 0.266 e. The van der Waals surface area contributed by atoms with Crippen molar-refractivity contribution in [3.05, 3.63) is 75.7 Å². The number of amides is 1. The highest BCUT2D eigenvalue weighted by Crippen LogP contribution is 2.35. The number of nitrogens with zero attached hydrogens (tertiary/aromatic N) is 3. The van der Waals surface area contributed by atoms with Crippen LogP contribution in [0.25, 0.3) is 23.0 Å². The SMILES string of the molecule is CC(C)CN1C(=O)C(=Cc2cn(-c3ccccc3)nc2-c2ccc(Br)cc2)SC1=S. The summed E-state index contributed by atoms with van der Waals surface area (Å²) in [6.07, 6.45) is 3.87. The van der Waals surface area contributed by atoms with E-state index in [-0.39, 0.29) is 5.91 Å². The van der Waals surface area contributed by atoms with Gasteiger partial charge in [0.2, 0.25) is 0 Å².